The minimum atomic E-state index is 0. The van der Waals surface area contributed by atoms with Crippen molar-refractivity contribution in [1.29, 1.82) is 5.26 Å². The number of fused-ring (bicyclic) bond motifs is 2. The molecule has 2 aliphatic heterocycles. The molecule has 11 rings (SSSR count). The maximum absolute atomic E-state index is 6.25. The van der Waals surface area contributed by atoms with Gasteiger partial charge in [0.25, 0.3) is 0 Å². The zero-order valence-electron chi connectivity index (χ0n) is 33.5. The van der Waals surface area contributed by atoms with Crippen molar-refractivity contribution >= 4 is 45.5 Å². The molecule has 0 fully saturated rings. The topological polar surface area (TPSA) is 88.3 Å². The summed E-state index contributed by atoms with van der Waals surface area (Å²) in [5.74, 6) is 0. The maximum Gasteiger partial charge on any atom is 4.00 e. The van der Waals surface area contributed by atoms with Gasteiger partial charge in [-0.25, -0.2) is 0 Å². The molecule has 9 nitrogen and oxygen atoms in total. The number of benzene rings is 5. The first-order valence-corrected chi connectivity index (χ1v) is 20.0. The van der Waals surface area contributed by atoms with E-state index in [0.717, 1.165) is 90.0 Å². The Morgan fingerprint density at radius 1 is 0.365 bits per heavy atom. The second-order valence-electron chi connectivity index (χ2n) is 14.5. The Morgan fingerprint density at radius 3 is 0.968 bits per heavy atom. The summed E-state index contributed by atoms with van der Waals surface area (Å²) >= 11 is 0. The molecular formula is C53H35N9Pt. The minimum Gasteiger partial charge on any atom is -0.512 e. The Balaban J connectivity index is 0.00000166. The van der Waals surface area contributed by atoms with E-state index >= 15 is 0 Å². The predicted octanol–water partition coefficient (Wildman–Crippen LogP) is 12.6. The number of nitrogens with zero attached hydrogens (tertiary/aromatic N) is 9. The van der Waals surface area contributed by atoms with E-state index in [-0.39, 0.29) is 21.1 Å². The first-order valence-electron chi connectivity index (χ1n) is 20.0. The van der Waals surface area contributed by atoms with Crippen molar-refractivity contribution in [1.82, 2.24) is 19.9 Å². The molecule has 0 saturated carbocycles. The van der Waals surface area contributed by atoms with Crippen LogP contribution in [-0.2, 0) is 21.1 Å². The van der Waals surface area contributed by atoms with Gasteiger partial charge in [-0.05, 0) is 48.5 Å². The third kappa shape index (κ3) is 7.47. The van der Waals surface area contributed by atoms with Gasteiger partial charge in [0.2, 0.25) is 0 Å². The Labute approximate surface area is 381 Å². The van der Waals surface area contributed by atoms with Gasteiger partial charge in [0.05, 0.1) is 0 Å². The Bertz CT molecular complexity index is 2710. The van der Waals surface area contributed by atoms with Gasteiger partial charge in [0.1, 0.15) is 0 Å². The smallest absolute Gasteiger partial charge is 0.512 e. The van der Waals surface area contributed by atoms with Crippen LogP contribution in [-0.4, -0.2) is 19.9 Å². The van der Waals surface area contributed by atoms with Crippen molar-refractivity contribution in [2.75, 3.05) is 19.6 Å². The molecule has 0 unspecified atom stereocenters. The molecule has 63 heavy (non-hydrogen) atoms. The summed E-state index contributed by atoms with van der Waals surface area (Å²) in [4.78, 5) is 27.0. The summed E-state index contributed by atoms with van der Waals surface area (Å²) in [6, 6.07) is 56.4. The summed E-state index contributed by atoms with van der Waals surface area (Å²) in [6.07, 6.45) is 14.9. The minimum absolute atomic E-state index is 0. The van der Waals surface area contributed by atoms with E-state index in [1.807, 2.05) is 73.8 Å². The number of anilines is 8. The number of pyridine rings is 4. The number of hydrogen-bond donors (Lipinski definition) is 0. The summed E-state index contributed by atoms with van der Waals surface area (Å²) in [5, 5.41) is 6.25. The monoisotopic (exact) mass is 992 g/mol. The fourth-order valence-corrected chi connectivity index (χ4v) is 8.32. The van der Waals surface area contributed by atoms with Crippen molar-refractivity contribution in [2.45, 2.75) is 0 Å². The van der Waals surface area contributed by atoms with Gasteiger partial charge in [-0.15, -0.1) is 42.9 Å². The molecule has 0 spiro atoms. The normalized spacial score (nSPS) is 12.5. The molecule has 2 aliphatic rings. The van der Waals surface area contributed by atoms with E-state index in [1.54, 1.807) is 0 Å². The van der Waals surface area contributed by atoms with Crippen LogP contribution in [0.5, 0.6) is 0 Å². The largest absolute Gasteiger partial charge is 4.00 e. The number of hydrogen-bond acceptors (Lipinski definition) is 9. The number of rotatable bonds is 8. The number of aromatic nitrogens is 4. The summed E-state index contributed by atoms with van der Waals surface area (Å²) in [5.41, 5.74) is 16.5. The van der Waals surface area contributed by atoms with Crippen LogP contribution in [0.1, 0.15) is 0 Å². The molecular weight excluding hydrogens is 958 g/mol. The van der Waals surface area contributed by atoms with Gasteiger partial charge in [-0.3, -0.25) is 19.9 Å². The van der Waals surface area contributed by atoms with Crippen LogP contribution < -0.4 is 19.6 Å². The molecule has 10 heteroatoms. The van der Waals surface area contributed by atoms with E-state index in [1.165, 1.54) is 0 Å². The van der Waals surface area contributed by atoms with E-state index < -0.39 is 0 Å². The van der Waals surface area contributed by atoms with Crippen molar-refractivity contribution in [3.05, 3.63) is 227 Å². The van der Waals surface area contributed by atoms with Crippen LogP contribution in [0.3, 0.4) is 0 Å². The Hall–Kier alpha value is -7.92. The summed E-state index contributed by atoms with van der Waals surface area (Å²) < 4.78 is 0. The molecule has 0 atom stereocenters. The van der Waals surface area contributed by atoms with Gasteiger partial charge < -0.3 is 31.4 Å². The zero-order valence-corrected chi connectivity index (χ0v) is 35.8. The fourth-order valence-electron chi connectivity index (χ4n) is 8.32. The first kappa shape index (κ1) is 40.5. The average molecular weight is 993 g/mol. The van der Waals surface area contributed by atoms with Crippen LogP contribution in [0, 0.1) is 31.2 Å². The van der Waals surface area contributed by atoms with Gasteiger partial charge in [0, 0.05) is 128 Å². The van der Waals surface area contributed by atoms with Crippen LogP contribution in [0.2, 0.25) is 0 Å². The molecule has 0 bridgehead atoms. The molecule has 0 radical (unpaired) electrons. The number of para-hydroxylation sites is 6. The van der Waals surface area contributed by atoms with E-state index in [2.05, 4.69) is 186 Å². The molecule has 0 N–H and O–H groups in total. The molecule has 9 aromatic rings. The van der Waals surface area contributed by atoms with E-state index in [4.69, 9.17) is 11.8 Å². The molecule has 6 heterocycles. The van der Waals surface area contributed by atoms with Crippen LogP contribution in [0.15, 0.2) is 201 Å². The predicted molar refractivity (Wildman–Crippen MR) is 246 cm³/mol. The zero-order chi connectivity index (χ0) is 41.8. The molecule has 5 aromatic carbocycles. The maximum atomic E-state index is 6.25. The van der Waals surface area contributed by atoms with Crippen molar-refractivity contribution in [3.63, 3.8) is 0 Å². The fraction of sp³-hybridized carbons (Fsp3) is 0. The van der Waals surface area contributed by atoms with Crippen LogP contribution in [0.4, 0.5) is 45.5 Å². The first-order chi connectivity index (χ1) is 30.8. The molecule has 302 valence electrons. The molecule has 0 saturated heterocycles. The standard InChI is InChI=1S/C52H35N8.CN.Pt/c1-3-24-49-47(22-1)57(35-59(49)51-43(37-12-8-26-53-31-37)18-6-19-44(51)38-13-9-27-54-32-38)41-16-5-17-42(30-41)58-36-60(50-25-4-2-23-48(50)58)52-45(39-14-10-28-55-33-39)20-7-21-46(52)40-15-11-29-56-34-40;1-2;/h1-29,31-36H;;/q-3;-1;+4. The summed E-state index contributed by atoms with van der Waals surface area (Å²) in [7, 11) is 0. The SMILES string of the molecule is [C-]#N.[Pt+4].[c-]1c(N2[CH-]N(c3c(-c4cccnc4)cccc3-c3cccnc3)c3ccccc32)cccc1N1[CH-]N(c2c(-c3cccnc3)cccc2-c2cccnc2)c2ccccc21. The second-order valence-corrected chi connectivity index (χ2v) is 14.5. The van der Waals surface area contributed by atoms with E-state index in [9.17, 15) is 0 Å². The van der Waals surface area contributed by atoms with Crippen LogP contribution >= 0.6 is 0 Å². The third-order valence-electron chi connectivity index (χ3n) is 11.0. The average Bonchev–Trinajstić information content (AvgIpc) is 3.95. The second kappa shape index (κ2) is 18.0. The third-order valence-corrected chi connectivity index (χ3v) is 11.0. The Morgan fingerprint density at radius 2 is 0.667 bits per heavy atom. The van der Waals surface area contributed by atoms with Gasteiger partial charge in [-0.1, -0.05) is 84.9 Å². The van der Waals surface area contributed by atoms with Crippen molar-refractivity contribution in [2.24, 2.45) is 0 Å². The molecule has 4 aromatic heterocycles. The molecule has 0 aliphatic carbocycles. The van der Waals surface area contributed by atoms with Gasteiger partial charge >= 0.3 is 21.1 Å². The van der Waals surface area contributed by atoms with Gasteiger partial charge in [-0.2, -0.15) is 6.07 Å². The van der Waals surface area contributed by atoms with Crippen LogP contribution in [0.25, 0.3) is 44.5 Å². The Kier molecular flexibility index (Phi) is 11.5. The quantitative estimate of drug-likeness (QED) is 0.138. The molecule has 0 amide bonds. The van der Waals surface area contributed by atoms with Gasteiger partial charge in [0.15, 0.2) is 0 Å². The van der Waals surface area contributed by atoms with Crippen molar-refractivity contribution in [3.8, 4) is 44.5 Å². The van der Waals surface area contributed by atoms with Crippen molar-refractivity contribution < 1.29 is 21.1 Å². The van der Waals surface area contributed by atoms with E-state index in [0.29, 0.717) is 0 Å². The summed E-state index contributed by atoms with van der Waals surface area (Å²) in [6.45, 7) is 9.10.